The Bertz CT molecular complexity index is 782. The highest BCUT2D eigenvalue weighted by Gasteiger charge is 2.25. The maximum absolute atomic E-state index is 12.5. The molecule has 298 valence electrons. The number of allylic oxidation sites excluding steroid dienone is 2. The molecule has 0 rings (SSSR count). The molecule has 0 radical (unpaired) electrons. The Morgan fingerprint density at radius 3 is 1.46 bits per heavy atom. The fraction of sp³-hybridized carbons (Fsp3) is 0.927. The quantitative estimate of drug-likeness (QED) is 0.0276. The van der Waals surface area contributed by atoms with Gasteiger partial charge in [0.2, 0.25) is 0 Å². The lowest BCUT2D eigenvalue weighted by atomic mass is 10.0. The second-order valence-corrected chi connectivity index (χ2v) is 15.7. The molecule has 0 aromatic carbocycles. The molecule has 0 heterocycles. The normalized spacial score (nSPS) is 13.6. The zero-order valence-corrected chi connectivity index (χ0v) is 33.8. The predicted octanol–water partition coefficient (Wildman–Crippen LogP) is 12.3. The van der Waals surface area contributed by atoms with Gasteiger partial charge in [-0.2, -0.15) is 0 Å². The molecule has 0 fully saturated rings. The summed E-state index contributed by atoms with van der Waals surface area (Å²) in [6, 6.07) is 0. The molecule has 0 saturated carbocycles. The average molecular weight is 732 g/mol. The summed E-state index contributed by atoms with van der Waals surface area (Å²) in [5.74, 6) is -0.329. The number of esters is 1. The van der Waals surface area contributed by atoms with Crippen molar-refractivity contribution in [2.24, 2.45) is 5.73 Å². The summed E-state index contributed by atoms with van der Waals surface area (Å²) in [5.41, 5.74) is 5.36. The van der Waals surface area contributed by atoms with E-state index in [1.165, 1.54) is 154 Å². The molecule has 0 saturated heterocycles. The molecule has 2 atom stereocenters. The average Bonchev–Trinajstić information content (AvgIpc) is 3.10. The highest BCUT2D eigenvalue weighted by Crippen LogP contribution is 2.43. The minimum Gasteiger partial charge on any atom is -0.457 e. The van der Waals surface area contributed by atoms with Crippen LogP contribution in [0.2, 0.25) is 0 Å². The van der Waals surface area contributed by atoms with E-state index in [9.17, 15) is 14.3 Å². The van der Waals surface area contributed by atoms with Crippen LogP contribution < -0.4 is 5.73 Å². The highest BCUT2D eigenvalue weighted by atomic mass is 31.2. The molecule has 3 N–H and O–H groups in total. The van der Waals surface area contributed by atoms with Crippen molar-refractivity contribution in [1.29, 1.82) is 0 Å². The van der Waals surface area contributed by atoms with E-state index in [-0.39, 0.29) is 32.3 Å². The van der Waals surface area contributed by atoms with Gasteiger partial charge in [-0.15, -0.1) is 0 Å². The number of carbonyl (C=O) groups is 1. The van der Waals surface area contributed by atoms with Crippen LogP contribution in [0.25, 0.3) is 0 Å². The van der Waals surface area contributed by atoms with Crippen molar-refractivity contribution in [2.45, 2.75) is 213 Å². The van der Waals surface area contributed by atoms with Crippen molar-refractivity contribution < 1.29 is 32.8 Å². The van der Waals surface area contributed by atoms with Crippen LogP contribution in [0.15, 0.2) is 12.2 Å². The van der Waals surface area contributed by atoms with Crippen molar-refractivity contribution in [3.63, 3.8) is 0 Å². The molecule has 50 heavy (non-hydrogen) atoms. The third kappa shape index (κ3) is 38.5. The second-order valence-electron chi connectivity index (χ2n) is 14.2. The van der Waals surface area contributed by atoms with Gasteiger partial charge in [0.25, 0.3) is 0 Å². The van der Waals surface area contributed by atoms with E-state index in [0.29, 0.717) is 13.0 Å². The minimum absolute atomic E-state index is 0.0928. The maximum Gasteiger partial charge on any atom is 0.472 e. The molecule has 0 aliphatic carbocycles. The monoisotopic (exact) mass is 732 g/mol. The summed E-state index contributed by atoms with van der Waals surface area (Å²) in [5, 5.41) is 0. The minimum atomic E-state index is -4.27. The lowest BCUT2D eigenvalue weighted by Gasteiger charge is -2.20. The molecule has 0 aliphatic heterocycles. The zero-order valence-electron chi connectivity index (χ0n) is 32.9. The second kappa shape index (κ2) is 39.4. The number of phosphoric acid groups is 1. The first-order chi connectivity index (χ1) is 24.4. The summed E-state index contributed by atoms with van der Waals surface area (Å²) < 4.78 is 33.4. The van der Waals surface area contributed by atoms with Gasteiger partial charge in [-0.25, -0.2) is 4.57 Å². The van der Waals surface area contributed by atoms with Gasteiger partial charge in [-0.1, -0.05) is 174 Å². The number of carbonyl (C=O) groups excluding carboxylic acids is 1. The van der Waals surface area contributed by atoms with Crippen molar-refractivity contribution >= 4 is 13.8 Å². The highest BCUT2D eigenvalue weighted by molar-refractivity contribution is 7.47. The molecule has 9 heteroatoms. The van der Waals surface area contributed by atoms with E-state index in [0.717, 1.165) is 32.1 Å². The number of nitrogens with two attached hydrogens (primary N) is 1. The summed E-state index contributed by atoms with van der Waals surface area (Å²) in [6.07, 6.45) is 40.8. The molecule has 8 nitrogen and oxygen atoms in total. The fourth-order valence-electron chi connectivity index (χ4n) is 6.05. The van der Waals surface area contributed by atoms with Crippen LogP contribution in [0.1, 0.15) is 206 Å². The Balaban J connectivity index is 3.98. The first kappa shape index (κ1) is 49.2. The van der Waals surface area contributed by atoms with E-state index in [1.54, 1.807) is 0 Å². The van der Waals surface area contributed by atoms with Crippen LogP contribution in [0, 0.1) is 0 Å². The van der Waals surface area contributed by atoms with E-state index < -0.39 is 13.9 Å². The lowest BCUT2D eigenvalue weighted by molar-refractivity contribution is -0.154. The van der Waals surface area contributed by atoms with Crippen LogP contribution >= 0.6 is 7.82 Å². The van der Waals surface area contributed by atoms with Crippen molar-refractivity contribution in [2.75, 3.05) is 33.0 Å². The van der Waals surface area contributed by atoms with Gasteiger partial charge in [-0.05, 0) is 38.5 Å². The van der Waals surface area contributed by atoms with Gasteiger partial charge in [-0.3, -0.25) is 13.8 Å². The summed E-state index contributed by atoms with van der Waals surface area (Å²) in [7, 11) is -4.27. The molecule has 2 unspecified atom stereocenters. The topological polar surface area (TPSA) is 117 Å². The van der Waals surface area contributed by atoms with E-state index in [4.69, 9.17) is 24.3 Å². The molecule has 0 aromatic heterocycles. The Labute approximate surface area is 309 Å². The molecule has 0 aromatic rings. The van der Waals surface area contributed by atoms with Crippen LogP contribution in [0.4, 0.5) is 0 Å². The van der Waals surface area contributed by atoms with Gasteiger partial charge in [0.1, 0.15) is 6.10 Å². The number of phosphoric ester groups is 1. The number of ether oxygens (including phenoxy) is 2. The van der Waals surface area contributed by atoms with E-state index >= 15 is 0 Å². The third-order valence-corrected chi connectivity index (χ3v) is 10.2. The number of unbranched alkanes of at least 4 members (excludes halogenated alkanes) is 26. The summed E-state index contributed by atoms with van der Waals surface area (Å²) in [4.78, 5) is 22.4. The summed E-state index contributed by atoms with van der Waals surface area (Å²) in [6.45, 7) is 4.94. The Kier molecular flexibility index (Phi) is 38.8. The Morgan fingerprint density at radius 2 is 1.00 bits per heavy atom. The third-order valence-electron chi connectivity index (χ3n) is 9.18. The zero-order chi connectivity index (χ0) is 36.6. The lowest BCUT2D eigenvalue weighted by Crippen LogP contribution is -2.28. The van der Waals surface area contributed by atoms with Crippen molar-refractivity contribution in [3.8, 4) is 0 Å². The number of hydrogen-bond donors (Lipinski definition) is 2. The van der Waals surface area contributed by atoms with Crippen LogP contribution in [0.5, 0.6) is 0 Å². The van der Waals surface area contributed by atoms with Gasteiger partial charge in [0.05, 0.1) is 19.8 Å². The van der Waals surface area contributed by atoms with Gasteiger partial charge in [0, 0.05) is 19.6 Å². The van der Waals surface area contributed by atoms with Gasteiger partial charge >= 0.3 is 13.8 Å². The molecule has 0 aliphatic rings. The van der Waals surface area contributed by atoms with E-state index in [1.807, 2.05) is 0 Å². The molecular weight excluding hydrogens is 649 g/mol. The van der Waals surface area contributed by atoms with Gasteiger partial charge in [0.15, 0.2) is 0 Å². The standard InChI is InChI=1S/C41H82NO7P/c1-3-5-7-9-11-13-15-17-18-19-20-21-22-23-25-27-29-31-33-36-46-38-40(39-48-50(44,45)47-37-35-42)49-41(43)34-32-30-28-26-24-16-14-12-10-8-6-4-2/h18-19,40H,3-17,20-39,42H2,1-2H3,(H,44,45)/b19-18-. The number of rotatable bonds is 41. The van der Waals surface area contributed by atoms with Crippen LogP contribution in [0.3, 0.4) is 0 Å². The molecule has 0 spiro atoms. The number of hydrogen-bond acceptors (Lipinski definition) is 7. The van der Waals surface area contributed by atoms with Crippen molar-refractivity contribution in [1.82, 2.24) is 0 Å². The molecule has 0 amide bonds. The first-order valence-corrected chi connectivity index (χ1v) is 22.7. The Hall–Kier alpha value is -0.760. The first-order valence-electron chi connectivity index (χ1n) is 21.2. The van der Waals surface area contributed by atoms with Gasteiger partial charge < -0.3 is 20.1 Å². The van der Waals surface area contributed by atoms with Crippen LogP contribution in [-0.2, 0) is 27.9 Å². The molecule has 0 bridgehead atoms. The SMILES string of the molecule is CCCCCCCCC/C=C\CCCCCCCCCCOCC(COP(=O)(O)OCCN)OC(=O)CCCCCCCCCCCCCC. The summed E-state index contributed by atoms with van der Waals surface area (Å²) >= 11 is 0. The maximum atomic E-state index is 12.5. The largest absolute Gasteiger partial charge is 0.472 e. The van der Waals surface area contributed by atoms with Crippen LogP contribution in [-0.4, -0.2) is 49.9 Å². The van der Waals surface area contributed by atoms with E-state index in [2.05, 4.69) is 26.0 Å². The fourth-order valence-corrected chi connectivity index (χ4v) is 6.82. The predicted molar refractivity (Wildman–Crippen MR) is 210 cm³/mol. The molecular formula is C41H82NO7P. The van der Waals surface area contributed by atoms with Crippen molar-refractivity contribution in [3.05, 3.63) is 12.2 Å². The smallest absolute Gasteiger partial charge is 0.457 e. The Morgan fingerprint density at radius 1 is 0.580 bits per heavy atom.